The second-order valence-corrected chi connectivity index (χ2v) is 5.62. The first-order chi connectivity index (χ1) is 11.5. The quantitative estimate of drug-likeness (QED) is 0.736. The summed E-state index contributed by atoms with van der Waals surface area (Å²) >= 11 is 6.19. The first kappa shape index (κ1) is 16.6. The highest BCUT2D eigenvalue weighted by atomic mass is 35.5. The van der Waals surface area contributed by atoms with Crippen LogP contribution in [0.15, 0.2) is 47.4 Å². The molecule has 7 heteroatoms. The highest BCUT2D eigenvalue weighted by Crippen LogP contribution is 2.24. The van der Waals surface area contributed by atoms with E-state index in [1.54, 1.807) is 24.3 Å². The number of hydrogen-bond acceptors (Lipinski definition) is 4. The van der Waals surface area contributed by atoms with Gasteiger partial charge in [0.05, 0.1) is 23.9 Å². The first-order valence-corrected chi connectivity index (χ1v) is 7.61. The smallest absolute Gasteiger partial charge is 0.282 e. The van der Waals surface area contributed by atoms with Crippen molar-refractivity contribution in [2.24, 2.45) is 0 Å². The Morgan fingerprint density at radius 1 is 1.33 bits per heavy atom. The van der Waals surface area contributed by atoms with E-state index >= 15 is 0 Å². The van der Waals surface area contributed by atoms with E-state index in [1.165, 1.54) is 25.3 Å². The Kier molecular flexibility index (Phi) is 4.62. The molecule has 1 N–H and O–H groups in total. The van der Waals surface area contributed by atoms with Gasteiger partial charge in [0, 0.05) is 16.0 Å². The standard InChI is InChI=1S/C17H14ClFN2O3/c1-10(22)24-9-12-13(18)5-3-7-15(12)21-17(23)16-11(8-20-21)4-2-6-14(16)19/h2-8,10,22H,9H2,1H3. The lowest BCUT2D eigenvalue weighted by Crippen LogP contribution is -2.23. The van der Waals surface area contributed by atoms with Gasteiger partial charge in [-0.1, -0.05) is 29.8 Å². The fraction of sp³-hybridized carbons (Fsp3) is 0.176. The number of ether oxygens (including phenoxy) is 1. The average Bonchev–Trinajstić information content (AvgIpc) is 2.54. The van der Waals surface area contributed by atoms with Crippen LogP contribution in [-0.4, -0.2) is 21.2 Å². The van der Waals surface area contributed by atoms with Gasteiger partial charge in [-0.05, 0) is 25.1 Å². The van der Waals surface area contributed by atoms with Gasteiger partial charge in [-0.2, -0.15) is 9.78 Å². The Morgan fingerprint density at radius 3 is 2.83 bits per heavy atom. The van der Waals surface area contributed by atoms with E-state index in [2.05, 4.69) is 5.10 Å². The number of hydrogen-bond donors (Lipinski definition) is 1. The van der Waals surface area contributed by atoms with Crippen molar-refractivity contribution >= 4 is 22.4 Å². The molecule has 1 aromatic heterocycles. The number of aliphatic hydroxyl groups excluding tert-OH is 1. The van der Waals surface area contributed by atoms with Crippen LogP contribution in [0.1, 0.15) is 12.5 Å². The predicted molar refractivity (Wildman–Crippen MR) is 88.8 cm³/mol. The molecule has 3 rings (SSSR count). The van der Waals surface area contributed by atoms with Crippen molar-refractivity contribution in [3.05, 3.63) is 69.4 Å². The minimum absolute atomic E-state index is 0.0178. The number of benzene rings is 2. The third kappa shape index (κ3) is 3.03. The third-order valence-electron chi connectivity index (χ3n) is 3.56. The van der Waals surface area contributed by atoms with Crippen LogP contribution in [0.3, 0.4) is 0 Å². The van der Waals surface area contributed by atoms with E-state index in [0.29, 0.717) is 21.7 Å². The van der Waals surface area contributed by atoms with Crippen LogP contribution in [0.4, 0.5) is 4.39 Å². The second-order valence-electron chi connectivity index (χ2n) is 5.21. The monoisotopic (exact) mass is 348 g/mol. The SMILES string of the molecule is CC(O)OCc1c(Cl)cccc1-n1ncc2cccc(F)c2c1=O. The summed E-state index contributed by atoms with van der Waals surface area (Å²) < 4.78 is 20.3. The van der Waals surface area contributed by atoms with E-state index in [9.17, 15) is 14.3 Å². The number of aliphatic hydroxyl groups is 1. The molecule has 1 heterocycles. The van der Waals surface area contributed by atoms with Gasteiger partial charge >= 0.3 is 0 Å². The lowest BCUT2D eigenvalue weighted by molar-refractivity contribution is -0.0939. The Hall–Kier alpha value is -2.28. The maximum Gasteiger partial charge on any atom is 0.282 e. The molecule has 0 aliphatic heterocycles. The van der Waals surface area contributed by atoms with Gasteiger partial charge in [-0.25, -0.2) is 4.39 Å². The van der Waals surface area contributed by atoms with E-state index in [4.69, 9.17) is 16.3 Å². The second kappa shape index (κ2) is 6.68. The van der Waals surface area contributed by atoms with E-state index < -0.39 is 17.7 Å². The highest BCUT2D eigenvalue weighted by molar-refractivity contribution is 6.31. The number of halogens is 2. The van der Waals surface area contributed by atoms with Crippen LogP contribution in [0, 0.1) is 5.82 Å². The van der Waals surface area contributed by atoms with Crippen molar-refractivity contribution in [3.63, 3.8) is 0 Å². The van der Waals surface area contributed by atoms with Crippen LogP contribution in [0.25, 0.3) is 16.5 Å². The molecule has 0 aliphatic carbocycles. The van der Waals surface area contributed by atoms with Crippen molar-refractivity contribution in [1.29, 1.82) is 0 Å². The summed E-state index contributed by atoms with van der Waals surface area (Å²) in [5.74, 6) is -0.613. The van der Waals surface area contributed by atoms with Crippen LogP contribution in [-0.2, 0) is 11.3 Å². The molecule has 0 fully saturated rings. The zero-order chi connectivity index (χ0) is 17.3. The van der Waals surface area contributed by atoms with E-state index in [-0.39, 0.29) is 12.0 Å². The van der Waals surface area contributed by atoms with Crippen molar-refractivity contribution in [3.8, 4) is 5.69 Å². The van der Waals surface area contributed by atoms with Crippen LogP contribution in [0.5, 0.6) is 0 Å². The van der Waals surface area contributed by atoms with Crippen molar-refractivity contribution in [2.75, 3.05) is 0 Å². The van der Waals surface area contributed by atoms with E-state index in [1.807, 2.05) is 0 Å². The van der Waals surface area contributed by atoms with Gasteiger partial charge < -0.3 is 9.84 Å². The molecule has 0 amide bonds. The summed E-state index contributed by atoms with van der Waals surface area (Å²) in [6.45, 7) is 1.45. The summed E-state index contributed by atoms with van der Waals surface area (Å²) in [7, 11) is 0. The molecular weight excluding hydrogens is 335 g/mol. The Balaban J connectivity index is 2.21. The molecule has 0 spiro atoms. The van der Waals surface area contributed by atoms with Gasteiger partial charge in [0.1, 0.15) is 5.82 Å². The largest absolute Gasteiger partial charge is 0.368 e. The molecule has 24 heavy (non-hydrogen) atoms. The van der Waals surface area contributed by atoms with Gasteiger partial charge in [-0.15, -0.1) is 0 Å². The maximum atomic E-state index is 14.1. The molecular formula is C17H14ClFN2O3. The van der Waals surface area contributed by atoms with Crippen molar-refractivity contribution in [2.45, 2.75) is 19.8 Å². The van der Waals surface area contributed by atoms with Crippen molar-refractivity contribution < 1.29 is 14.2 Å². The fourth-order valence-electron chi connectivity index (χ4n) is 2.42. The predicted octanol–water partition coefficient (Wildman–Crippen LogP) is 3.03. The van der Waals surface area contributed by atoms with Crippen LogP contribution in [0.2, 0.25) is 5.02 Å². The molecule has 0 saturated carbocycles. The van der Waals surface area contributed by atoms with Gasteiger partial charge in [0.25, 0.3) is 5.56 Å². The average molecular weight is 349 g/mol. The topological polar surface area (TPSA) is 64.3 Å². The molecule has 0 bridgehead atoms. The van der Waals surface area contributed by atoms with Gasteiger partial charge in [0.2, 0.25) is 0 Å². The first-order valence-electron chi connectivity index (χ1n) is 7.23. The van der Waals surface area contributed by atoms with Gasteiger partial charge in [0.15, 0.2) is 6.29 Å². The number of rotatable bonds is 4. The molecule has 124 valence electrons. The summed E-state index contributed by atoms with van der Waals surface area (Å²) in [6, 6.07) is 9.29. The molecule has 1 atom stereocenters. The number of nitrogens with zero attached hydrogens (tertiary/aromatic N) is 2. The van der Waals surface area contributed by atoms with Crippen molar-refractivity contribution in [1.82, 2.24) is 9.78 Å². The zero-order valence-electron chi connectivity index (χ0n) is 12.7. The zero-order valence-corrected chi connectivity index (χ0v) is 13.5. The molecule has 2 aromatic carbocycles. The lowest BCUT2D eigenvalue weighted by atomic mass is 10.1. The summed E-state index contributed by atoms with van der Waals surface area (Å²) in [5, 5.41) is 14.1. The van der Waals surface area contributed by atoms with Crippen LogP contribution >= 0.6 is 11.6 Å². The van der Waals surface area contributed by atoms with Gasteiger partial charge in [-0.3, -0.25) is 4.79 Å². The molecule has 1 unspecified atom stereocenters. The normalized spacial score (nSPS) is 12.5. The van der Waals surface area contributed by atoms with Crippen LogP contribution < -0.4 is 5.56 Å². The molecule has 3 aromatic rings. The third-order valence-corrected chi connectivity index (χ3v) is 3.91. The number of fused-ring (bicyclic) bond motifs is 1. The summed E-state index contributed by atoms with van der Waals surface area (Å²) in [4.78, 5) is 12.7. The molecule has 0 radical (unpaired) electrons. The lowest BCUT2D eigenvalue weighted by Gasteiger charge is -2.14. The minimum Gasteiger partial charge on any atom is -0.368 e. The Morgan fingerprint density at radius 2 is 2.08 bits per heavy atom. The number of aromatic nitrogens is 2. The Labute approximate surface area is 141 Å². The molecule has 5 nitrogen and oxygen atoms in total. The fourth-order valence-corrected chi connectivity index (χ4v) is 2.64. The summed E-state index contributed by atoms with van der Waals surface area (Å²) in [5.41, 5.74) is 0.259. The van der Waals surface area contributed by atoms with E-state index in [0.717, 1.165) is 4.68 Å². The Bertz CT molecular complexity index is 956. The molecule has 0 aliphatic rings. The minimum atomic E-state index is -0.993. The highest BCUT2D eigenvalue weighted by Gasteiger charge is 2.15. The maximum absolute atomic E-state index is 14.1. The molecule has 0 saturated heterocycles. The summed E-state index contributed by atoms with van der Waals surface area (Å²) in [6.07, 6.45) is 0.424.